The molecule has 0 spiro atoms. The van der Waals surface area contributed by atoms with Crippen molar-refractivity contribution in [2.75, 3.05) is 11.9 Å². The first-order chi connectivity index (χ1) is 6.59. The van der Waals surface area contributed by atoms with Gasteiger partial charge in [-0.1, -0.05) is 11.6 Å². The first-order valence-electron chi connectivity index (χ1n) is 3.93. The number of amides is 1. The summed E-state index contributed by atoms with van der Waals surface area (Å²) in [5.74, 6) is 0.304. The van der Waals surface area contributed by atoms with Crippen molar-refractivity contribution < 1.29 is 4.79 Å². The zero-order valence-electron chi connectivity index (χ0n) is 7.26. The summed E-state index contributed by atoms with van der Waals surface area (Å²) in [5, 5.41) is 3.51. The van der Waals surface area contributed by atoms with Crippen LogP contribution in [0.15, 0.2) is 16.7 Å². The standard InChI is InChI=1S/C8H9BrClN3O/c9-6-3-5(10)4-13-8(6)12-2-1-7(11)14/h3-4H,1-2H2,(H2,11,14)(H,12,13). The predicted molar refractivity (Wildman–Crippen MR) is 59.2 cm³/mol. The fraction of sp³-hybridized carbons (Fsp3) is 0.250. The van der Waals surface area contributed by atoms with Crippen molar-refractivity contribution in [1.82, 2.24) is 4.98 Å². The molecule has 0 fully saturated rings. The molecule has 0 radical (unpaired) electrons. The number of hydrogen-bond acceptors (Lipinski definition) is 3. The third-order valence-electron chi connectivity index (χ3n) is 1.47. The first-order valence-corrected chi connectivity index (χ1v) is 5.10. The molecular formula is C8H9BrClN3O. The van der Waals surface area contributed by atoms with E-state index in [-0.39, 0.29) is 12.3 Å². The lowest BCUT2D eigenvalue weighted by Gasteiger charge is -2.05. The number of carbonyl (C=O) groups is 1. The van der Waals surface area contributed by atoms with Crippen LogP contribution in [0.5, 0.6) is 0 Å². The van der Waals surface area contributed by atoms with Crippen LogP contribution < -0.4 is 11.1 Å². The smallest absolute Gasteiger partial charge is 0.219 e. The van der Waals surface area contributed by atoms with Gasteiger partial charge in [0.1, 0.15) is 5.82 Å². The Morgan fingerprint density at radius 2 is 2.43 bits per heavy atom. The van der Waals surface area contributed by atoms with E-state index in [9.17, 15) is 4.79 Å². The van der Waals surface area contributed by atoms with Crippen LogP contribution in [0.4, 0.5) is 5.82 Å². The van der Waals surface area contributed by atoms with Gasteiger partial charge in [-0.3, -0.25) is 4.79 Å². The number of anilines is 1. The van der Waals surface area contributed by atoms with Crippen LogP contribution in [0.2, 0.25) is 5.02 Å². The topological polar surface area (TPSA) is 68.0 Å². The molecule has 0 atom stereocenters. The maximum absolute atomic E-state index is 10.5. The maximum Gasteiger partial charge on any atom is 0.219 e. The molecule has 6 heteroatoms. The van der Waals surface area contributed by atoms with Crippen LogP contribution in [-0.2, 0) is 4.79 Å². The monoisotopic (exact) mass is 277 g/mol. The largest absolute Gasteiger partial charge is 0.370 e. The van der Waals surface area contributed by atoms with Crippen LogP contribution in [0.3, 0.4) is 0 Å². The molecular weight excluding hydrogens is 269 g/mol. The summed E-state index contributed by atoms with van der Waals surface area (Å²) in [6.45, 7) is 0.461. The summed E-state index contributed by atoms with van der Waals surface area (Å²) >= 11 is 9.00. The highest BCUT2D eigenvalue weighted by molar-refractivity contribution is 9.10. The molecule has 14 heavy (non-hydrogen) atoms. The van der Waals surface area contributed by atoms with Crippen LogP contribution in [0.25, 0.3) is 0 Å². The highest BCUT2D eigenvalue weighted by atomic mass is 79.9. The van der Waals surface area contributed by atoms with E-state index in [1.807, 2.05) is 0 Å². The van der Waals surface area contributed by atoms with Gasteiger partial charge in [0.2, 0.25) is 5.91 Å². The van der Waals surface area contributed by atoms with Crippen molar-refractivity contribution in [2.24, 2.45) is 5.73 Å². The van der Waals surface area contributed by atoms with E-state index in [0.29, 0.717) is 17.4 Å². The fourth-order valence-electron chi connectivity index (χ4n) is 0.849. The van der Waals surface area contributed by atoms with Crippen LogP contribution in [0.1, 0.15) is 6.42 Å². The number of nitrogens with two attached hydrogens (primary N) is 1. The van der Waals surface area contributed by atoms with Gasteiger partial charge < -0.3 is 11.1 Å². The highest BCUT2D eigenvalue weighted by Gasteiger charge is 2.01. The summed E-state index contributed by atoms with van der Waals surface area (Å²) in [7, 11) is 0. The number of hydrogen-bond donors (Lipinski definition) is 2. The van der Waals surface area contributed by atoms with Crippen molar-refractivity contribution in [3.8, 4) is 0 Å². The van der Waals surface area contributed by atoms with E-state index in [1.165, 1.54) is 6.20 Å². The third kappa shape index (κ3) is 3.51. The summed E-state index contributed by atoms with van der Waals surface area (Å²) in [5.41, 5.74) is 4.99. The molecule has 1 aromatic heterocycles. The molecule has 0 bridgehead atoms. The lowest BCUT2D eigenvalue weighted by atomic mass is 10.4. The van der Waals surface area contributed by atoms with Gasteiger partial charge in [0.25, 0.3) is 0 Å². The van der Waals surface area contributed by atoms with Crippen molar-refractivity contribution >= 4 is 39.3 Å². The number of rotatable bonds is 4. The van der Waals surface area contributed by atoms with E-state index in [4.69, 9.17) is 17.3 Å². The van der Waals surface area contributed by atoms with Crippen molar-refractivity contribution in [3.63, 3.8) is 0 Å². The van der Waals surface area contributed by atoms with Gasteiger partial charge >= 0.3 is 0 Å². The van der Waals surface area contributed by atoms with Gasteiger partial charge in [0.15, 0.2) is 0 Å². The molecule has 0 aliphatic heterocycles. The van der Waals surface area contributed by atoms with E-state index in [1.54, 1.807) is 6.07 Å². The molecule has 0 aliphatic rings. The molecule has 1 amide bonds. The van der Waals surface area contributed by atoms with Gasteiger partial charge in [0, 0.05) is 19.2 Å². The van der Waals surface area contributed by atoms with Crippen LogP contribution >= 0.6 is 27.5 Å². The van der Waals surface area contributed by atoms with E-state index >= 15 is 0 Å². The number of pyridine rings is 1. The van der Waals surface area contributed by atoms with Gasteiger partial charge in [-0.2, -0.15) is 0 Å². The molecule has 1 aromatic rings. The Bertz CT molecular complexity index is 345. The minimum atomic E-state index is -0.345. The molecule has 0 aromatic carbocycles. The van der Waals surface area contributed by atoms with E-state index in [0.717, 1.165) is 4.47 Å². The van der Waals surface area contributed by atoms with E-state index in [2.05, 4.69) is 26.2 Å². The number of carbonyl (C=O) groups excluding carboxylic acids is 1. The van der Waals surface area contributed by atoms with Gasteiger partial charge in [0.05, 0.1) is 9.50 Å². The van der Waals surface area contributed by atoms with Gasteiger partial charge in [-0.15, -0.1) is 0 Å². The minimum Gasteiger partial charge on any atom is -0.370 e. The van der Waals surface area contributed by atoms with Crippen molar-refractivity contribution in [3.05, 3.63) is 21.8 Å². The maximum atomic E-state index is 10.5. The molecule has 0 unspecified atom stereocenters. The van der Waals surface area contributed by atoms with Gasteiger partial charge in [-0.25, -0.2) is 4.98 Å². The average molecular weight is 279 g/mol. The van der Waals surface area contributed by atoms with Crippen molar-refractivity contribution in [1.29, 1.82) is 0 Å². The molecule has 4 nitrogen and oxygen atoms in total. The average Bonchev–Trinajstić information content (AvgIpc) is 2.08. The Labute approximate surface area is 95.0 Å². The second-order valence-electron chi connectivity index (χ2n) is 2.63. The summed E-state index contributed by atoms with van der Waals surface area (Å²) < 4.78 is 0.759. The Balaban J connectivity index is 2.55. The molecule has 0 aliphatic carbocycles. The second kappa shape index (κ2) is 5.17. The normalized spacial score (nSPS) is 9.86. The summed E-state index contributed by atoms with van der Waals surface area (Å²) in [4.78, 5) is 14.5. The quantitative estimate of drug-likeness (QED) is 0.882. The Morgan fingerprint density at radius 3 is 3.00 bits per heavy atom. The first kappa shape index (κ1) is 11.3. The number of halogens is 2. The predicted octanol–water partition coefficient (Wildman–Crippen LogP) is 1.78. The summed E-state index contributed by atoms with van der Waals surface area (Å²) in [6.07, 6.45) is 1.80. The minimum absolute atomic E-state index is 0.275. The summed E-state index contributed by atoms with van der Waals surface area (Å²) in [6, 6.07) is 1.72. The Hall–Kier alpha value is -0.810. The Morgan fingerprint density at radius 1 is 1.71 bits per heavy atom. The second-order valence-corrected chi connectivity index (χ2v) is 3.92. The molecule has 0 saturated carbocycles. The van der Waals surface area contributed by atoms with Gasteiger partial charge in [-0.05, 0) is 22.0 Å². The number of primary amides is 1. The zero-order valence-corrected chi connectivity index (χ0v) is 9.60. The lowest BCUT2D eigenvalue weighted by Crippen LogP contribution is -2.16. The SMILES string of the molecule is NC(=O)CCNc1ncc(Cl)cc1Br. The zero-order chi connectivity index (χ0) is 10.6. The Kier molecular flexibility index (Phi) is 4.16. The van der Waals surface area contributed by atoms with Crippen LogP contribution in [-0.4, -0.2) is 17.4 Å². The third-order valence-corrected chi connectivity index (χ3v) is 2.28. The molecule has 0 saturated heterocycles. The number of aromatic nitrogens is 1. The molecule has 3 N–H and O–H groups in total. The van der Waals surface area contributed by atoms with E-state index < -0.39 is 0 Å². The van der Waals surface area contributed by atoms with Crippen molar-refractivity contribution in [2.45, 2.75) is 6.42 Å². The van der Waals surface area contributed by atoms with Crippen LogP contribution in [0, 0.1) is 0 Å². The number of nitrogens with one attached hydrogen (secondary N) is 1. The molecule has 1 rings (SSSR count). The number of nitrogens with zero attached hydrogens (tertiary/aromatic N) is 1. The fourth-order valence-corrected chi connectivity index (χ4v) is 1.63. The lowest BCUT2D eigenvalue weighted by molar-refractivity contribution is -0.117. The molecule has 76 valence electrons. The highest BCUT2D eigenvalue weighted by Crippen LogP contribution is 2.22. The molecule has 1 heterocycles.